The Kier molecular flexibility index (Phi) is 3.62. The molecule has 0 aliphatic carbocycles. The first kappa shape index (κ1) is 12.6. The Labute approximate surface area is 102 Å². The molecule has 2 nitrogen and oxygen atoms in total. The maximum Gasteiger partial charge on any atom is 0.141 e. The molecule has 0 aliphatic heterocycles. The van der Waals surface area contributed by atoms with E-state index in [-0.39, 0.29) is 5.56 Å². The zero-order valence-corrected chi connectivity index (χ0v) is 9.62. The molecule has 94 valence electrons. The van der Waals surface area contributed by atoms with Crippen LogP contribution in [-0.2, 0) is 0 Å². The molecule has 0 fully saturated rings. The van der Waals surface area contributed by atoms with Gasteiger partial charge in [-0.3, -0.25) is 4.98 Å². The second kappa shape index (κ2) is 5.18. The summed E-state index contributed by atoms with van der Waals surface area (Å²) in [6.07, 6.45) is 1.06. The largest absolute Gasteiger partial charge is 0.308 e. The minimum absolute atomic E-state index is 0.262. The molecule has 1 aromatic heterocycles. The number of nitrogens with zero attached hydrogens (tertiary/aromatic N) is 1. The lowest BCUT2D eigenvalue weighted by Gasteiger charge is -2.16. The summed E-state index contributed by atoms with van der Waals surface area (Å²) in [7, 11) is 1.62. The van der Waals surface area contributed by atoms with Crippen molar-refractivity contribution in [2.24, 2.45) is 0 Å². The van der Waals surface area contributed by atoms with E-state index in [0.29, 0.717) is 5.69 Å². The number of aromatic nitrogens is 1. The average Bonchev–Trinajstić information content (AvgIpc) is 2.35. The van der Waals surface area contributed by atoms with Crippen LogP contribution >= 0.6 is 0 Å². The van der Waals surface area contributed by atoms with Crippen LogP contribution in [0.1, 0.15) is 17.3 Å². The molecule has 0 saturated heterocycles. The van der Waals surface area contributed by atoms with Crippen LogP contribution in [-0.4, -0.2) is 12.0 Å². The molecule has 0 radical (unpaired) electrons. The molecule has 0 bridgehead atoms. The molecular formula is C13H11F3N2. The minimum atomic E-state index is -0.666. The lowest BCUT2D eigenvalue weighted by atomic mass is 10.0. The molecule has 2 rings (SSSR count). The van der Waals surface area contributed by atoms with Gasteiger partial charge in [0.25, 0.3) is 0 Å². The van der Waals surface area contributed by atoms with Gasteiger partial charge in [0.2, 0.25) is 0 Å². The third kappa shape index (κ3) is 2.51. The van der Waals surface area contributed by atoms with Crippen molar-refractivity contribution in [3.63, 3.8) is 0 Å². The van der Waals surface area contributed by atoms with Crippen molar-refractivity contribution in [2.75, 3.05) is 7.05 Å². The Hall–Kier alpha value is -1.88. The molecule has 1 N–H and O–H groups in total. The van der Waals surface area contributed by atoms with Crippen molar-refractivity contribution in [3.05, 3.63) is 65.2 Å². The van der Waals surface area contributed by atoms with Gasteiger partial charge >= 0.3 is 0 Å². The van der Waals surface area contributed by atoms with Crippen molar-refractivity contribution in [3.8, 4) is 0 Å². The molecule has 1 unspecified atom stereocenters. The first-order chi connectivity index (χ1) is 8.61. The Morgan fingerprint density at radius 3 is 2.33 bits per heavy atom. The van der Waals surface area contributed by atoms with Gasteiger partial charge in [0.05, 0.1) is 17.9 Å². The lowest BCUT2D eigenvalue weighted by Crippen LogP contribution is -2.20. The number of rotatable bonds is 3. The predicted octanol–water partition coefficient (Wildman–Crippen LogP) is 2.81. The number of nitrogens with one attached hydrogen (secondary N) is 1. The molecule has 18 heavy (non-hydrogen) atoms. The van der Waals surface area contributed by atoms with E-state index in [1.807, 2.05) is 0 Å². The van der Waals surface area contributed by atoms with Crippen LogP contribution in [0.5, 0.6) is 0 Å². The number of benzene rings is 1. The van der Waals surface area contributed by atoms with Crippen molar-refractivity contribution < 1.29 is 13.2 Å². The van der Waals surface area contributed by atoms with Gasteiger partial charge in [0, 0.05) is 11.6 Å². The van der Waals surface area contributed by atoms with Gasteiger partial charge in [-0.1, -0.05) is 6.07 Å². The van der Waals surface area contributed by atoms with E-state index in [4.69, 9.17) is 0 Å². The van der Waals surface area contributed by atoms with E-state index in [1.165, 1.54) is 24.3 Å². The van der Waals surface area contributed by atoms with E-state index in [0.717, 1.165) is 12.3 Å². The highest BCUT2D eigenvalue weighted by Crippen LogP contribution is 2.23. The summed E-state index contributed by atoms with van der Waals surface area (Å²) in [5, 5.41) is 2.87. The summed E-state index contributed by atoms with van der Waals surface area (Å²) >= 11 is 0. The van der Waals surface area contributed by atoms with Crippen LogP contribution in [0, 0.1) is 17.5 Å². The fourth-order valence-corrected chi connectivity index (χ4v) is 1.76. The highest BCUT2D eigenvalue weighted by atomic mass is 19.1. The molecule has 0 saturated carbocycles. The topological polar surface area (TPSA) is 24.9 Å². The van der Waals surface area contributed by atoms with Crippen molar-refractivity contribution in [1.29, 1.82) is 0 Å². The van der Waals surface area contributed by atoms with Crippen LogP contribution in [0.25, 0.3) is 0 Å². The second-order valence-corrected chi connectivity index (χ2v) is 3.79. The first-order valence-electron chi connectivity index (χ1n) is 5.35. The molecule has 1 atom stereocenters. The molecule has 0 amide bonds. The normalized spacial score (nSPS) is 12.4. The average molecular weight is 252 g/mol. The summed E-state index contributed by atoms with van der Waals surface area (Å²) in [4.78, 5) is 3.89. The summed E-state index contributed by atoms with van der Waals surface area (Å²) in [5.74, 6) is -1.77. The third-order valence-electron chi connectivity index (χ3n) is 2.61. The van der Waals surface area contributed by atoms with Crippen LogP contribution in [0.2, 0.25) is 0 Å². The number of hydrogen-bond donors (Lipinski definition) is 1. The molecule has 0 aliphatic rings. The highest BCUT2D eigenvalue weighted by Gasteiger charge is 2.17. The smallest absolute Gasteiger partial charge is 0.141 e. The maximum atomic E-state index is 13.7. The van der Waals surface area contributed by atoms with Gasteiger partial charge in [-0.05, 0) is 25.2 Å². The van der Waals surface area contributed by atoms with Gasteiger partial charge in [-0.2, -0.15) is 0 Å². The first-order valence-corrected chi connectivity index (χ1v) is 5.35. The number of halogens is 3. The van der Waals surface area contributed by atoms with Crippen molar-refractivity contribution in [1.82, 2.24) is 10.3 Å². The van der Waals surface area contributed by atoms with E-state index in [2.05, 4.69) is 10.3 Å². The Bertz CT molecular complexity index is 540. The van der Waals surface area contributed by atoms with Crippen LogP contribution < -0.4 is 5.32 Å². The quantitative estimate of drug-likeness (QED) is 0.908. The van der Waals surface area contributed by atoms with Gasteiger partial charge in [0.1, 0.15) is 17.5 Å². The third-order valence-corrected chi connectivity index (χ3v) is 2.61. The summed E-state index contributed by atoms with van der Waals surface area (Å²) in [6, 6.07) is 5.48. The molecule has 1 heterocycles. The van der Waals surface area contributed by atoms with Gasteiger partial charge < -0.3 is 5.32 Å². The van der Waals surface area contributed by atoms with E-state index in [9.17, 15) is 13.2 Å². The summed E-state index contributed by atoms with van der Waals surface area (Å²) in [6.45, 7) is 0. The highest BCUT2D eigenvalue weighted by molar-refractivity contribution is 5.29. The Morgan fingerprint density at radius 1 is 1.06 bits per heavy atom. The zero-order valence-electron chi connectivity index (χ0n) is 9.62. The van der Waals surface area contributed by atoms with E-state index >= 15 is 0 Å². The summed E-state index contributed by atoms with van der Waals surface area (Å²) in [5.41, 5.74) is 0.724. The van der Waals surface area contributed by atoms with Crippen molar-refractivity contribution >= 4 is 0 Å². The van der Waals surface area contributed by atoms with E-state index in [1.54, 1.807) is 7.05 Å². The predicted molar refractivity (Wildman–Crippen MR) is 61.5 cm³/mol. The Morgan fingerprint density at radius 2 is 1.78 bits per heavy atom. The second-order valence-electron chi connectivity index (χ2n) is 3.79. The van der Waals surface area contributed by atoms with Crippen LogP contribution in [0.15, 0.2) is 36.5 Å². The molecule has 2 aromatic rings. The van der Waals surface area contributed by atoms with Crippen LogP contribution in [0.3, 0.4) is 0 Å². The maximum absolute atomic E-state index is 13.7. The molecular weight excluding hydrogens is 241 g/mol. The fourth-order valence-electron chi connectivity index (χ4n) is 1.76. The lowest BCUT2D eigenvalue weighted by molar-refractivity contribution is 0.546. The van der Waals surface area contributed by atoms with Gasteiger partial charge in [0.15, 0.2) is 0 Å². The minimum Gasteiger partial charge on any atom is -0.308 e. The Balaban J connectivity index is 2.41. The monoisotopic (exact) mass is 252 g/mol. The van der Waals surface area contributed by atoms with Crippen LogP contribution in [0.4, 0.5) is 13.2 Å². The standard InChI is InChI=1S/C13H11F3N2/c1-17-13(12-5-3-9(15)7-18-12)10-4-2-8(14)6-11(10)16/h2-7,13,17H,1H3. The number of hydrogen-bond acceptors (Lipinski definition) is 2. The fraction of sp³-hybridized carbons (Fsp3) is 0.154. The molecule has 0 spiro atoms. The summed E-state index contributed by atoms with van der Waals surface area (Å²) < 4.78 is 39.3. The van der Waals surface area contributed by atoms with Crippen molar-refractivity contribution in [2.45, 2.75) is 6.04 Å². The molecule has 5 heteroatoms. The molecule has 1 aromatic carbocycles. The number of pyridine rings is 1. The van der Waals surface area contributed by atoms with Gasteiger partial charge in [-0.25, -0.2) is 13.2 Å². The zero-order chi connectivity index (χ0) is 13.1. The SMILES string of the molecule is CNC(c1ccc(F)cn1)c1ccc(F)cc1F. The van der Waals surface area contributed by atoms with E-state index < -0.39 is 23.5 Å². The van der Waals surface area contributed by atoms with Gasteiger partial charge in [-0.15, -0.1) is 0 Å².